The van der Waals surface area contributed by atoms with E-state index >= 15 is 0 Å². The lowest BCUT2D eigenvalue weighted by atomic mass is 9.98. The fourth-order valence-electron chi connectivity index (χ4n) is 3.26. The summed E-state index contributed by atoms with van der Waals surface area (Å²) in [5.41, 5.74) is 2.67. The predicted molar refractivity (Wildman–Crippen MR) is 85.3 cm³/mol. The zero-order valence-electron chi connectivity index (χ0n) is 13.0. The van der Waals surface area contributed by atoms with Crippen LogP contribution in [-0.4, -0.2) is 54.0 Å². The van der Waals surface area contributed by atoms with Crippen molar-refractivity contribution in [1.29, 1.82) is 0 Å². The van der Waals surface area contributed by atoms with Gasteiger partial charge in [-0.3, -0.25) is 4.79 Å². The Kier molecular flexibility index (Phi) is 3.77. The van der Waals surface area contributed by atoms with Gasteiger partial charge in [0.15, 0.2) is 0 Å². The van der Waals surface area contributed by atoms with Gasteiger partial charge in [-0.25, -0.2) is 4.79 Å². The lowest BCUT2D eigenvalue weighted by Gasteiger charge is -2.36. The minimum atomic E-state index is -0.0616. The van der Waals surface area contributed by atoms with Gasteiger partial charge in [0, 0.05) is 20.1 Å². The molecule has 1 N–H and O–H groups in total. The molecule has 2 aliphatic rings. The second kappa shape index (κ2) is 5.47. The van der Waals surface area contributed by atoms with E-state index in [-0.39, 0.29) is 24.0 Å². The third kappa shape index (κ3) is 2.43. The second-order valence-corrected chi connectivity index (χ2v) is 6.60. The molecule has 2 saturated heterocycles. The topological polar surface area (TPSA) is 52.7 Å². The molecule has 0 aromatic heterocycles. The van der Waals surface area contributed by atoms with Crippen molar-refractivity contribution in [3.05, 3.63) is 33.8 Å². The van der Waals surface area contributed by atoms with Crippen LogP contribution in [0.2, 0.25) is 5.02 Å². The SMILES string of the molecule is Cc1cc(Cl)c(C(=O)N2CC[C@H]3[C@@H](C2)NC(=O)N3C)cc1C. The Morgan fingerprint density at radius 3 is 2.73 bits per heavy atom. The summed E-state index contributed by atoms with van der Waals surface area (Å²) in [5.74, 6) is -0.0599. The summed E-state index contributed by atoms with van der Waals surface area (Å²) in [4.78, 5) is 28.0. The number of piperidine rings is 1. The molecule has 0 spiro atoms. The molecular formula is C16H20ClN3O2. The molecule has 3 amide bonds. The second-order valence-electron chi connectivity index (χ2n) is 6.19. The predicted octanol–water partition coefficient (Wildman–Crippen LogP) is 2.19. The summed E-state index contributed by atoms with van der Waals surface area (Å²) in [6.45, 7) is 5.12. The number of likely N-dealkylation sites (N-methyl/N-ethyl adjacent to an activating group) is 1. The molecule has 2 fully saturated rings. The van der Waals surface area contributed by atoms with Crippen LogP contribution >= 0.6 is 11.6 Å². The number of halogens is 1. The number of aryl methyl sites for hydroxylation is 2. The number of amides is 3. The first kappa shape index (κ1) is 15.2. The summed E-state index contributed by atoms with van der Waals surface area (Å²) in [7, 11) is 1.80. The molecule has 0 radical (unpaired) electrons. The van der Waals surface area contributed by atoms with Gasteiger partial charge in [0.1, 0.15) is 0 Å². The molecule has 0 saturated carbocycles. The number of benzene rings is 1. The van der Waals surface area contributed by atoms with Crippen molar-refractivity contribution in [1.82, 2.24) is 15.1 Å². The van der Waals surface area contributed by atoms with Crippen LogP contribution in [0.3, 0.4) is 0 Å². The molecule has 2 atom stereocenters. The third-order valence-electron chi connectivity index (χ3n) is 4.80. The number of nitrogens with one attached hydrogen (secondary N) is 1. The molecule has 0 bridgehead atoms. The summed E-state index contributed by atoms with van der Waals surface area (Å²) >= 11 is 6.25. The molecule has 5 nitrogen and oxygen atoms in total. The van der Waals surface area contributed by atoms with E-state index < -0.39 is 0 Å². The highest BCUT2D eigenvalue weighted by atomic mass is 35.5. The van der Waals surface area contributed by atoms with Gasteiger partial charge >= 0.3 is 6.03 Å². The van der Waals surface area contributed by atoms with Gasteiger partial charge < -0.3 is 15.1 Å². The van der Waals surface area contributed by atoms with Gasteiger partial charge in [0.05, 0.1) is 22.7 Å². The first-order chi connectivity index (χ1) is 10.4. The Bertz CT molecular complexity index is 647. The molecule has 2 aliphatic heterocycles. The number of carbonyl (C=O) groups is 2. The van der Waals surface area contributed by atoms with E-state index in [1.165, 1.54) is 0 Å². The number of hydrogen-bond donors (Lipinski definition) is 1. The van der Waals surface area contributed by atoms with Crippen LogP contribution < -0.4 is 5.32 Å². The maximum atomic E-state index is 12.8. The minimum absolute atomic E-state index is 0.000482. The largest absolute Gasteiger partial charge is 0.336 e. The monoisotopic (exact) mass is 321 g/mol. The van der Waals surface area contributed by atoms with E-state index in [0.717, 1.165) is 17.5 Å². The van der Waals surface area contributed by atoms with Crippen LogP contribution in [0.15, 0.2) is 12.1 Å². The van der Waals surface area contributed by atoms with Crippen molar-refractivity contribution in [2.24, 2.45) is 0 Å². The quantitative estimate of drug-likeness (QED) is 0.862. The number of hydrogen-bond acceptors (Lipinski definition) is 2. The van der Waals surface area contributed by atoms with Crippen LogP contribution in [0.5, 0.6) is 0 Å². The summed E-state index contributed by atoms with van der Waals surface area (Å²) in [6, 6.07) is 3.80. The highest BCUT2D eigenvalue weighted by Crippen LogP contribution is 2.26. The van der Waals surface area contributed by atoms with E-state index in [9.17, 15) is 9.59 Å². The van der Waals surface area contributed by atoms with Gasteiger partial charge in [-0.1, -0.05) is 11.6 Å². The Morgan fingerprint density at radius 1 is 1.32 bits per heavy atom. The molecule has 1 aromatic carbocycles. The van der Waals surface area contributed by atoms with Gasteiger partial charge in [0.25, 0.3) is 5.91 Å². The van der Waals surface area contributed by atoms with Crippen LogP contribution in [0.4, 0.5) is 4.79 Å². The zero-order valence-corrected chi connectivity index (χ0v) is 13.8. The Labute approximate surface area is 135 Å². The van der Waals surface area contributed by atoms with Gasteiger partial charge in [-0.15, -0.1) is 0 Å². The Balaban J connectivity index is 1.80. The molecule has 0 aliphatic carbocycles. The zero-order chi connectivity index (χ0) is 16.0. The van der Waals surface area contributed by atoms with Crippen molar-refractivity contribution in [2.75, 3.05) is 20.1 Å². The summed E-state index contributed by atoms with van der Waals surface area (Å²) in [6.07, 6.45) is 0.786. The molecule has 22 heavy (non-hydrogen) atoms. The van der Waals surface area contributed by atoms with Crippen molar-refractivity contribution < 1.29 is 9.59 Å². The third-order valence-corrected chi connectivity index (χ3v) is 5.12. The van der Waals surface area contributed by atoms with Crippen LogP contribution in [-0.2, 0) is 0 Å². The highest BCUT2D eigenvalue weighted by Gasteiger charge is 2.41. The highest BCUT2D eigenvalue weighted by molar-refractivity contribution is 6.34. The van der Waals surface area contributed by atoms with E-state index in [1.54, 1.807) is 16.8 Å². The maximum Gasteiger partial charge on any atom is 0.317 e. The summed E-state index contributed by atoms with van der Waals surface area (Å²) in [5, 5.41) is 3.43. The molecule has 1 aromatic rings. The van der Waals surface area contributed by atoms with Gasteiger partial charge in [0.2, 0.25) is 0 Å². The van der Waals surface area contributed by atoms with E-state index in [2.05, 4.69) is 5.32 Å². The minimum Gasteiger partial charge on any atom is -0.336 e. The number of carbonyl (C=O) groups excluding carboxylic acids is 2. The van der Waals surface area contributed by atoms with Gasteiger partial charge in [-0.05, 0) is 43.5 Å². The lowest BCUT2D eigenvalue weighted by Crippen LogP contribution is -2.52. The van der Waals surface area contributed by atoms with Crippen molar-refractivity contribution >= 4 is 23.5 Å². The molecule has 0 unspecified atom stereocenters. The van der Waals surface area contributed by atoms with Crippen molar-refractivity contribution in [3.8, 4) is 0 Å². The molecule has 6 heteroatoms. The normalized spacial score (nSPS) is 24.3. The van der Waals surface area contributed by atoms with Crippen molar-refractivity contribution in [2.45, 2.75) is 32.4 Å². The van der Waals surface area contributed by atoms with E-state index in [1.807, 2.05) is 26.0 Å². The smallest absolute Gasteiger partial charge is 0.317 e. The number of fused-ring (bicyclic) bond motifs is 1. The van der Waals surface area contributed by atoms with Crippen LogP contribution in [0.25, 0.3) is 0 Å². The van der Waals surface area contributed by atoms with Crippen molar-refractivity contribution in [3.63, 3.8) is 0 Å². The average molecular weight is 322 g/mol. The van der Waals surface area contributed by atoms with E-state index in [4.69, 9.17) is 11.6 Å². The molecular weight excluding hydrogens is 302 g/mol. The standard InChI is InChI=1S/C16H20ClN3O2/c1-9-6-11(12(17)7-10(9)2)15(21)20-5-4-14-13(8-20)18-16(22)19(14)3/h6-7,13-14H,4-5,8H2,1-3H3,(H,18,22)/t13-,14+/m1/s1. The van der Waals surface area contributed by atoms with Crippen LogP contribution in [0, 0.1) is 13.8 Å². The fraction of sp³-hybridized carbons (Fsp3) is 0.500. The first-order valence-electron chi connectivity index (χ1n) is 7.48. The molecule has 2 heterocycles. The van der Waals surface area contributed by atoms with Crippen LogP contribution in [0.1, 0.15) is 27.9 Å². The Morgan fingerprint density at radius 2 is 2.00 bits per heavy atom. The van der Waals surface area contributed by atoms with Gasteiger partial charge in [-0.2, -0.15) is 0 Å². The summed E-state index contributed by atoms with van der Waals surface area (Å²) < 4.78 is 0. The fourth-order valence-corrected chi connectivity index (χ4v) is 3.55. The molecule has 118 valence electrons. The Hall–Kier alpha value is -1.75. The number of rotatable bonds is 1. The van der Waals surface area contributed by atoms with E-state index in [0.29, 0.717) is 23.7 Å². The first-order valence-corrected chi connectivity index (χ1v) is 7.85. The average Bonchev–Trinajstić information content (AvgIpc) is 2.76. The maximum absolute atomic E-state index is 12.8. The number of urea groups is 1. The lowest BCUT2D eigenvalue weighted by molar-refractivity contribution is 0.0666. The number of likely N-dealkylation sites (tertiary alicyclic amines) is 1. The number of nitrogens with zero attached hydrogens (tertiary/aromatic N) is 2. The molecule has 3 rings (SSSR count).